The first-order chi connectivity index (χ1) is 8.30. The fourth-order valence-corrected chi connectivity index (χ4v) is 2.10. The minimum Gasteiger partial charge on any atom is -0.444 e. The molecule has 2 aliphatic rings. The van der Waals surface area contributed by atoms with E-state index in [-0.39, 0.29) is 12.1 Å². The Hall–Kier alpha value is -1.50. The molecule has 0 aromatic heterocycles. The van der Waals surface area contributed by atoms with Crippen LogP contribution >= 0.6 is 0 Å². The number of hydrogen-bond acceptors (Lipinski definition) is 4. The number of likely N-dealkylation sites (tertiary alicyclic amines) is 1. The Kier molecular flexibility index (Phi) is 3.10. The van der Waals surface area contributed by atoms with Crippen LogP contribution in [0.2, 0.25) is 0 Å². The molecule has 7 heteroatoms. The minimum absolute atomic E-state index is 0.222. The molecule has 2 heterocycles. The first-order valence-electron chi connectivity index (χ1n) is 6.13. The standard InChI is InChI=1S/C11H20N4O3/c1-10(2,3)18-9(17)15-6-4-11(5-7-15)12-8(16)13-14-11/h14H,4-7H2,1-3H3,(H2,12,13,16). The molecular formula is C11H20N4O3. The van der Waals surface area contributed by atoms with Crippen LogP contribution in [0.25, 0.3) is 0 Å². The predicted molar refractivity (Wildman–Crippen MR) is 64.6 cm³/mol. The Balaban J connectivity index is 1.87. The second kappa shape index (κ2) is 4.31. The highest BCUT2D eigenvalue weighted by Crippen LogP contribution is 2.22. The van der Waals surface area contributed by atoms with Crippen LogP contribution in [0.15, 0.2) is 0 Å². The smallest absolute Gasteiger partial charge is 0.410 e. The van der Waals surface area contributed by atoms with E-state index in [0.29, 0.717) is 25.9 Å². The largest absolute Gasteiger partial charge is 0.444 e. The Morgan fingerprint density at radius 1 is 1.33 bits per heavy atom. The van der Waals surface area contributed by atoms with E-state index in [1.165, 1.54) is 0 Å². The maximum atomic E-state index is 11.9. The van der Waals surface area contributed by atoms with Crippen molar-refractivity contribution in [3.05, 3.63) is 0 Å². The number of urea groups is 1. The van der Waals surface area contributed by atoms with Crippen LogP contribution in [-0.4, -0.2) is 41.4 Å². The average Bonchev–Trinajstić information content (AvgIpc) is 2.58. The molecule has 2 aliphatic heterocycles. The van der Waals surface area contributed by atoms with Gasteiger partial charge < -0.3 is 15.0 Å². The number of ether oxygens (including phenoxy) is 1. The summed E-state index contributed by atoms with van der Waals surface area (Å²) in [6.07, 6.45) is 1.02. The minimum atomic E-state index is -0.479. The summed E-state index contributed by atoms with van der Waals surface area (Å²) in [5.74, 6) is 0. The molecule has 2 rings (SSSR count). The second-order valence-electron chi connectivity index (χ2n) is 5.75. The van der Waals surface area contributed by atoms with E-state index in [4.69, 9.17) is 4.74 Å². The van der Waals surface area contributed by atoms with Crippen LogP contribution < -0.4 is 16.2 Å². The van der Waals surface area contributed by atoms with Crippen molar-refractivity contribution in [2.75, 3.05) is 13.1 Å². The van der Waals surface area contributed by atoms with Crippen LogP contribution in [0.1, 0.15) is 33.6 Å². The van der Waals surface area contributed by atoms with Gasteiger partial charge >= 0.3 is 12.1 Å². The molecule has 0 aromatic carbocycles. The molecule has 102 valence electrons. The lowest BCUT2D eigenvalue weighted by Crippen LogP contribution is -2.58. The second-order valence-corrected chi connectivity index (χ2v) is 5.75. The molecule has 0 bridgehead atoms. The van der Waals surface area contributed by atoms with Crippen LogP contribution in [0.3, 0.4) is 0 Å². The Labute approximate surface area is 106 Å². The molecule has 3 amide bonds. The monoisotopic (exact) mass is 256 g/mol. The van der Waals surface area contributed by atoms with Crippen LogP contribution in [-0.2, 0) is 4.74 Å². The zero-order chi connectivity index (χ0) is 13.4. The number of carbonyl (C=O) groups is 2. The molecule has 0 unspecified atom stereocenters. The highest BCUT2D eigenvalue weighted by molar-refractivity contribution is 5.76. The van der Waals surface area contributed by atoms with Crippen molar-refractivity contribution in [2.24, 2.45) is 0 Å². The molecule has 3 N–H and O–H groups in total. The quantitative estimate of drug-likeness (QED) is 0.590. The SMILES string of the molecule is CC(C)(C)OC(=O)N1CCC2(CC1)NNC(=O)N2. The zero-order valence-corrected chi connectivity index (χ0v) is 11.0. The van der Waals surface area contributed by atoms with Gasteiger partial charge in [0.1, 0.15) is 11.3 Å². The summed E-state index contributed by atoms with van der Waals surface area (Å²) in [6, 6.07) is -0.222. The summed E-state index contributed by atoms with van der Waals surface area (Å²) in [6.45, 7) is 6.66. The Morgan fingerprint density at radius 3 is 2.39 bits per heavy atom. The summed E-state index contributed by atoms with van der Waals surface area (Å²) in [4.78, 5) is 24.7. The van der Waals surface area contributed by atoms with Crippen molar-refractivity contribution in [1.29, 1.82) is 0 Å². The van der Waals surface area contributed by atoms with E-state index in [9.17, 15) is 9.59 Å². The number of amides is 3. The van der Waals surface area contributed by atoms with Gasteiger partial charge in [-0.3, -0.25) is 5.43 Å². The number of carbonyl (C=O) groups excluding carboxylic acids is 2. The van der Waals surface area contributed by atoms with Gasteiger partial charge in [0.15, 0.2) is 0 Å². The number of rotatable bonds is 0. The van der Waals surface area contributed by atoms with E-state index in [1.807, 2.05) is 20.8 Å². The third-order valence-corrected chi connectivity index (χ3v) is 3.04. The molecule has 2 fully saturated rings. The lowest BCUT2D eigenvalue weighted by atomic mass is 9.98. The molecule has 1 spiro atoms. The highest BCUT2D eigenvalue weighted by atomic mass is 16.6. The summed E-state index contributed by atoms with van der Waals surface area (Å²) in [5, 5.41) is 2.84. The first kappa shape index (κ1) is 12.9. The van der Waals surface area contributed by atoms with Gasteiger partial charge in [-0.05, 0) is 20.8 Å². The number of hydrazine groups is 1. The number of nitrogens with one attached hydrogen (secondary N) is 3. The van der Waals surface area contributed by atoms with Gasteiger partial charge in [0.2, 0.25) is 0 Å². The van der Waals surface area contributed by atoms with E-state index in [0.717, 1.165) is 0 Å². The summed E-state index contributed by atoms with van der Waals surface area (Å²) < 4.78 is 5.31. The average molecular weight is 256 g/mol. The fraction of sp³-hybridized carbons (Fsp3) is 0.818. The summed E-state index contributed by atoms with van der Waals surface area (Å²) in [7, 11) is 0. The fourth-order valence-electron chi connectivity index (χ4n) is 2.10. The first-order valence-corrected chi connectivity index (χ1v) is 6.13. The number of piperidine rings is 1. The van der Waals surface area contributed by atoms with Crippen molar-refractivity contribution < 1.29 is 14.3 Å². The summed E-state index contributed by atoms with van der Waals surface area (Å²) >= 11 is 0. The maximum Gasteiger partial charge on any atom is 0.410 e. The third-order valence-electron chi connectivity index (χ3n) is 3.04. The lowest BCUT2D eigenvalue weighted by molar-refractivity contribution is 0.0143. The van der Waals surface area contributed by atoms with Gasteiger partial charge in [0.05, 0.1) is 0 Å². The van der Waals surface area contributed by atoms with Gasteiger partial charge in [0.25, 0.3) is 0 Å². The van der Waals surface area contributed by atoms with Crippen LogP contribution in [0, 0.1) is 0 Å². The van der Waals surface area contributed by atoms with E-state index in [1.54, 1.807) is 4.90 Å². The van der Waals surface area contributed by atoms with Crippen molar-refractivity contribution in [3.8, 4) is 0 Å². The third kappa shape index (κ3) is 2.84. The lowest BCUT2D eigenvalue weighted by Gasteiger charge is -2.38. The zero-order valence-electron chi connectivity index (χ0n) is 11.0. The molecule has 0 aromatic rings. The normalized spacial score (nSPS) is 22.6. The molecule has 0 radical (unpaired) electrons. The molecule has 0 atom stereocenters. The predicted octanol–water partition coefficient (Wildman–Crippen LogP) is 0.531. The Morgan fingerprint density at radius 2 is 1.94 bits per heavy atom. The van der Waals surface area contributed by atoms with Crippen LogP contribution in [0.5, 0.6) is 0 Å². The van der Waals surface area contributed by atoms with Gasteiger partial charge in [-0.25, -0.2) is 15.0 Å². The molecule has 7 nitrogen and oxygen atoms in total. The molecule has 2 saturated heterocycles. The number of hydrogen-bond donors (Lipinski definition) is 3. The van der Waals surface area contributed by atoms with Gasteiger partial charge in [0, 0.05) is 25.9 Å². The maximum absolute atomic E-state index is 11.9. The van der Waals surface area contributed by atoms with E-state index >= 15 is 0 Å². The topological polar surface area (TPSA) is 82.7 Å². The highest BCUT2D eigenvalue weighted by Gasteiger charge is 2.41. The van der Waals surface area contributed by atoms with Crippen molar-refractivity contribution in [1.82, 2.24) is 21.1 Å². The number of nitrogens with zero attached hydrogens (tertiary/aromatic N) is 1. The molecule has 18 heavy (non-hydrogen) atoms. The van der Waals surface area contributed by atoms with Gasteiger partial charge in [-0.15, -0.1) is 0 Å². The van der Waals surface area contributed by atoms with Crippen molar-refractivity contribution >= 4 is 12.1 Å². The van der Waals surface area contributed by atoms with Crippen molar-refractivity contribution in [2.45, 2.75) is 44.9 Å². The summed E-state index contributed by atoms with van der Waals surface area (Å²) in [5.41, 5.74) is 4.57. The Bertz CT molecular complexity index is 356. The van der Waals surface area contributed by atoms with Gasteiger partial charge in [-0.2, -0.15) is 0 Å². The van der Waals surface area contributed by atoms with Crippen molar-refractivity contribution in [3.63, 3.8) is 0 Å². The molecule has 0 saturated carbocycles. The molecular weight excluding hydrogens is 236 g/mol. The molecule has 0 aliphatic carbocycles. The van der Waals surface area contributed by atoms with E-state index in [2.05, 4.69) is 16.2 Å². The van der Waals surface area contributed by atoms with E-state index < -0.39 is 11.3 Å². The van der Waals surface area contributed by atoms with Crippen LogP contribution in [0.4, 0.5) is 9.59 Å². The van der Waals surface area contributed by atoms with Gasteiger partial charge in [-0.1, -0.05) is 0 Å².